The van der Waals surface area contributed by atoms with E-state index in [1.165, 1.54) is 32.1 Å². The lowest BCUT2D eigenvalue weighted by atomic mass is 9.41. The number of ketones is 1. The first-order valence-corrected chi connectivity index (χ1v) is 9.46. The monoisotopic (exact) mass is 302 g/mol. The Morgan fingerprint density at radius 1 is 1.00 bits per heavy atom. The molecule has 2 heteroatoms. The molecule has 0 N–H and O–H groups in total. The zero-order valence-corrected chi connectivity index (χ0v) is 14.6. The quantitative estimate of drug-likeness (QED) is 0.622. The van der Waals surface area contributed by atoms with E-state index in [1.807, 2.05) is 0 Å². The minimum absolute atomic E-state index is 0.113. The Morgan fingerprint density at radius 3 is 2.55 bits per heavy atom. The van der Waals surface area contributed by atoms with Crippen molar-refractivity contribution in [3.05, 3.63) is 0 Å². The maximum absolute atomic E-state index is 12.5. The second-order valence-electron chi connectivity index (χ2n) is 10.2. The molecule has 4 aliphatic carbocycles. The number of hydrogen-bond acceptors (Lipinski definition) is 2. The number of rotatable bonds is 0. The standard InChI is InChI=1S/C20H30O2/c1-17(2)13-7-10-20-11-12(19(4)16(20)22-19)5-6-14(20)18(13,3)9-8-15(17)21/h12-14,16H,5-11H2,1-4H3/t12-,13-,14+,16-,18-,19-,20-/m1/s1. The fourth-order valence-corrected chi connectivity index (χ4v) is 8.17. The van der Waals surface area contributed by atoms with Crippen LogP contribution in [0.3, 0.4) is 0 Å². The molecule has 1 spiro atoms. The zero-order valence-electron chi connectivity index (χ0n) is 14.6. The molecule has 0 aromatic carbocycles. The van der Waals surface area contributed by atoms with Gasteiger partial charge < -0.3 is 4.74 Å². The highest BCUT2D eigenvalue weighted by molar-refractivity contribution is 5.85. The van der Waals surface area contributed by atoms with Crippen molar-refractivity contribution in [2.24, 2.45) is 34.0 Å². The summed E-state index contributed by atoms with van der Waals surface area (Å²) in [5.74, 6) is 2.70. The van der Waals surface area contributed by atoms with Crippen LogP contribution in [0.15, 0.2) is 0 Å². The van der Waals surface area contributed by atoms with Crippen molar-refractivity contribution < 1.29 is 9.53 Å². The topological polar surface area (TPSA) is 29.6 Å². The minimum Gasteiger partial charge on any atom is -0.365 e. The number of fused-ring (bicyclic) bond motifs is 5. The van der Waals surface area contributed by atoms with Gasteiger partial charge in [0.15, 0.2) is 0 Å². The predicted octanol–water partition coefficient (Wildman–Crippen LogP) is 4.37. The third kappa shape index (κ3) is 1.29. The van der Waals surface area contributed by atoms with Gasteiger partial charge in [-0.3, -0.25) is 4.79 Å². The Labute approximate surface area is 134 Å². The summed E-state index contributed by atoms with van der Waals surface area (Å²) >= 11 is 0. The van der Waals surface area contributed by atoms with Crippen molar-refractivity contribution >= 4 is 5.78 Å². The van der Waals surface area contributed by atoms with Crippen LogP contribution in [0.25, 0.3) is 0 Å². The minimum atomic E-state index is -0.113. The summed E-state index contributed by atoms with van der Waals surface area (Å²) < 4.78 is 6.30. The highest BCUT2D eigenvalue weighted by Gasteiger charge is 2.78. The normalized spacial score (nSPS) is 61.2. The van der Waals surface area contributed by atoms with Gasteiger partial charge in [0.25, 0.3) is 0 Å². The molecular formula is C20H30O2. The van der Waals surface area contributed by atoms with E-state index < -0.39 is 0 Å². The fraction of sp³-hybridized carbons (Fsp3) is 0.950. The maximum atomic E-state index is 12.5. The third-order valence-electron chi connectivity index (χ3n) is 9.26. The van der Waals surface area contributed by atoms with Crippen LogP contribution in [0.4, 0.5) is 0 Å². The van der Waals surface area contributed by atoms with E-state index in [9.17, 15) is 4.79 Å². The van der Waals surface area contributed by atoms with Gasteiger partial charge >= 0.3 is 0 Å². The molecule has 5 aliphatic rings. The molecule has 0 aromatic rings. The number of Topliss-reactive ketones (excluding diaryl/α,β-unsaturated/α-hetero) is 1. The Morgan fingerprint density at radius 2 is 1.77 bits per heavy atom. The van der Waals surface area contributed by atoms with Gasteiger partial charge in [-0.25, -0.2) is 0 Å². The molecule has 7 atom stereocenters. The highest BCUT2D eigenvalue weighted by atomic mass is 16.6. The fourth-order valence-electron chi connectivity index (χ4n) is 8.17. The maximum Gasteiger partial charge on any atom is 0.138 e. The zero-order chi connectivity index (χ0) is 15.5. The van der Waals surface area contributed by atoms with E-state index in [1.54, 1.807) is 0 Å². The first kappa shape index (κ1) is 14.0. The van der Waals surface area contributed by atoms with Gasteiger partial charge in [-0.2, -0.15) is 0 Å². The first-order valence-electron chi connectivity index (χ1n) is 9.46. The molecule has 0 unspecified atom stereocenters. The second kappa shape index (κ2) is 3.66. The predicted molar refractivity (Wildman–Crippen MR) is 85.4 cm³/mol. The molecule has 22 heavy (non-hydrogen) atoms. The highest BCUT2D eigenvalue weighted by Crippen LogP contribution is 2.77. The van der Waals surface area contributed by atoms with E-state index in [0.29, 0.717) is 28.6 Å². The van der Waals surface area contributed by atoms with Crippen LogP contribution in [-0.4, -0.2) is 17.5 Å². The Kier molecular flexibility index (Phi) is 2.33. The van der Waals surface area contributed by atoms with Gasteiger partial charge in [-0.1, -0.05) is 20.8 Å². The molecular weight excluding hydrogens is 272 g/mol. The lowest BCUT2D eigenvalue weighted by Crippen LogP contribution is -2.59. The summed E-state index contributed by atoms with van der Waals surface area (Å²) in [6.45, 7) is 9.37. The first-order chi connectivity index (χ1) is 10.3. The van der Waals surface area contributed by atoms with Crippen molar-refractivity contribution in [1.82, 2.24) is 0 Å². The third-order valence-corrected chi connectivity index (χ3v) is 9.26. The molecule has 1 aliphatic heterocycles. The van der Waals surface area contributed by atoms with Crippen molar-refractivity contribution in [3.8, 4) is 0 Å². The summed E-state index contributed by atoms with van der Waals surface area (Å²) in [6, 6.07) is 0. The molecule has 122 valence electrons. The van der Waals surface area contributed by atoms with Crippen molar-refractivity contribution in [1.29, 1.82) is 0 Å². The molecule has 5 rings (SSSR count). The molecule has 5 fully saturated rings. The van der Waals surface area contributed by atoms with Crippen molar-refractivity contribution in [3.63, 3.8) is 0 Å². The number of epoxide rings is 1. The van der Waals surface area contributed by atoms with E-state index in [4.69, 9.17) is 4.74 Å². The summed E-state index contributed by atoms with van der Waals surface area (Å²) in [6.07, 6.45) is 9.18. The molecule has 0 amide bonds. The smallest absolute Gasteiger partial charge is 0.138 e. The number of carbonyl (C=O) groups is 1. The Balaban J connectivity index is 1.59. The van der Waals surface area contributed by atoms with Crippen LogP contribution >= 0.6 is 0 Å². The lowest BCUT2D eigenvalue weighted by Gasteiger charge is -2.63. The Bertz CT molecular complexity index is 566. The van der Waals surface area contributed by atoms with Gasteiger partial charge in [0.1, 0.15) is 5.78 Å². The molecule has 4 saturated carbocycles. The van der Waals surface area contributed by atoms with E-state index >= 15 is 0 Å². The molecule has 0 radical (unpaired) electrons. The van der Waals surface area contributed by atoms with Crippen LogP contribution in [0.5, 0.6) is 0 Å². The van der Waals surface area contributed by atoms with Crippen LogP contribution < -0.4 is 0 Å². The molecule has 2 bridgehead atoms. The average molecular weight is 302 g/mol. The van der Waals surface area contributed by atoms with Crippen LogP contribution in [0.2, 0.25) is 0 Å². The summed E-state index contributed by atoms with van der Waals surface area (Å²) in [5, 5.41) is 0. The summed E-state index contributed by atoms with van der Waals surface area (Å²) in [4.78, 5) is 12.5. The SMILES string of the molecule is CC1(C)C(=O)CC[C@]2(C)[C@@H]1CC[C@@]13C[C@@H](CC[C@@H]21)[C@@]1(C)O[C@@H]31. The van der Waals surface area contributed by atoms with E-state index in [2.05, 4.69) is 27.7 Å². The van der Waals surface area contributed by atoms with Crippen LogP contribution in [0.1, 0.15) is 72.6 Å². The van der Waals surface area contributed by atoms with Crippen LogP contribution in [0, 0.1) is 34.0 Å². The molecule has 1 heterocycles. The molecule has 1 saturated heterocycles. The van der Waals surface area contributed by atoms with Crippen molar-refractivity contribution in [2.75, 3.05) is 0 Å². The number of carbonyl (C=O) groups excluding carboxylic acids is 1. The van der Waals surface area contributed by atoms with Crippen molar-refractivity contribution in [2.45, 2.75) is 84.3 Å². The molecule has 0 aromatic heterocycles. The van der Waals surface area contributed by atoms with E-state index in [0.717, 1.165) is 24.7 Å². The summed E-state index contributed by atoms with van der Waals surface area (Å²) in [5.41, 5.74) is 0.924. The molecule has 2 nitrogen and oxygen atoms in total. The van der Waals surface area contributed by atoms with Crippen LogP contribution in [-0.2, 0) is 9.53 Å². The van der Waals surface area contributed by atoms with E-state index in [-0.39, 0.29) is 11.0 Å². The Hall–Kier alpha value is -0.370. The van der Waals surface area contributed by atoms with Gasteiger partial charge in [0.05, 0.1) is 11.7 Å². The van der Waals surface area contributed by atoms with Gasteiger partial charge in [0, 0.05) is 17.3 Å². The summed E-state index contributed by atoms with van der Waals surface area (Å²) in [7, 11) is 0. The average Bonchev–Trinajstić information content (AvgIpc) is 3.13. The second-order valence-corrected chi connectivity index (χ2v) is 10.2. The number of hydrogen-bond donors (Lipinski definition) is 0. The van der Waals surface area contributed by atoms with Gasteiger partial charge in [-0.05, 0) is 68.6 Å². The van der Waals surface area contributed by atoms with Gasteiger partial charge in [0.2, 0.25) is 0 Å². The number of ether oxygens (including phenoxy) is 1. The van der Waals surface area contributed by atoms with Gasteiger partial charge in [-0.15, -0.1) is 0 Å². The lowest BCUT2D eigenvalue weighted by molar-refractivity contribution is -0.173. The largest absolute Gasteiger partial charge is 0.365 e.